The van der Waals surface area contributed by atoms with Crippen LogP contribution in [-0.2, 0) is 34.3 Å². The first-order chi connectivity index (χ1) is 15.6. The maximum Gasteiger partial charge on any atom is 0.333 e. The Hall–Kier alpha value is -3.21. The highest BCUT2D eigenvalue weighted by molar-refractivity contribution is 7.91. The summed E-state index contributed by atoms with van der Waals surface area (Å²) in [6.07, 6.45) is 1.86. The second kappa shape index (κ2) is 8.97. The molecule has 3 heterocycles. The van der Waals surface area contributed by atoms with E-state index in [1.54, 1.807) is 10.9 Å². The summed E-state index contributed by atoms with van der Waals surface area (Å²) in [7, 11) is -3.17. The molecule has 33 heavy (non-hydrogen) atoms. The Morgan fingerprint density at radius 1 is 1.18 bits per heavy atom. The molecule has 3 aromatic rings. The quantitative estimate of drug-likeness (QED) is 0.529. The summed E-state index contributed by atoms with van der Waals surface area (Å²) >= 11 is 0. The van der Waals surface area contributed by atoms with Gasteiger partial charge in [-0.1, -0.05) is 44.2 Å². The van der Waals surface area contributed by atoms with Gasteiger partial charge in [0.15, 0.2) is 21.0 Å². The number of benzene rings is 1. The highest BCUT2D eigenvalue weighted by Crippen LogP contribution is 2.13. The van der Waals surface area contributed by atoms with Gasteiger partial charge >= 0.3 is 5.69 Å². The average Bonchev–Trinajstić information content (AvgIpc) is 3.31. The minimum atomic E-state index is -3.17. The third kappa shape index (κ3) is 4.92. The summed E-state index contributed by atoms with van der Waals surface area (Å²) in [5.41, 5.74) is 0.153. The van der Waals surface area contributed by atoms with Gasteiger partial charge in [0.25, 0.3) is 5.56 Å². The Kier molecular flexibility index (Phi) is 6.24. The second-order valence-electron chi connectivity index (χ2n) is 8.88. The van der Waals surface area contributed by atoms with Crippen molar-refractivity contribution in [3.05, 3.63) is 63.1 Å². The number of sulfone groups is 1. The largest absolute Gasteiger partial charge is 0.351 e. The second-order valence-corrected chi connectivity index (χ2v) is 11.1. The maximum atomic E-state index is 13.3. The number of nitrogens with one attached hydrogen (secondary N) is 1. The van der Waals surface area contributed by atoms with E-state index in [0.717, 1.165) is 10.1 Å². The molecule has 1 unspecified atom stereocenters. The zero-order valence-corrected chi connectivity index (χ0v) is 19.4. The fourth-order valence-corrected chi connectivity index (χ4v) is 5.82. The first-order valence-electron chi connectivity index (χ1n) is 10.9. The summed E-state index contributed by atoms with van der Waals surface area (Å²) < 4.78 is 27.4. The predicted octanol–water partition coefficient (Wildman–Crippen LogP) is 0.367. The van der Waals surface area contributed by atoms with Crippen LogP contribution in [0, 0.1) is 5.92 Å². The molecule has 1 aromatic carbocycles. The molecule has 4 rings (SSSR count). The molecule has 1 fully saturated rings. The van der Waals surface area contributed by atoms with Gasteiger partial charge in [0, 0.05) is 12.6 Å². The van der Waals surface area contributed by atoms with Crippen molar-refractivity contribution in [2.24, 2.45) is 5.92 Å². The number of amides is 1. The van der Waals surface area contributed by atoms with Gasteiger partial charge in [-0.25, -0.2) is 22.8 Å². The molecule has 0 radical (unpaired) electrons. The Bertz CT molecular complexity index is 1400. The van der Waals surface area contributed by atoms with Crippen LogP contribution in [0.2, 0.25) is 0 Å². The Labute approximate surface area is 190 Å². The van der Waals surface area contributed by atoms with Crippen LogP contribution in [-0.4, -0.2) is 50.6 Å². The monoisotopic (exact) mass is 473 g/mol. The number of carbonyl (C=O) groups excluding carboxylic acids is 1. The van der Waals surface area contributed by atoms with E-state index < -0.39 is 39.6 Å². The van der Waals surface area contributed by atoms with Gasteiger partial charge in [-0.15, -0.1) is 0 Å². The molecule has 11 heteroatoms. The molecular formula is C22H27N5O5S. The summed E-state index contributed by atoms with van der Waals surface area (Å²) in [6, 6.07) is 8.80. The minimum Gasteiger partial charge on any atom is -0.351 e. The van der Waals surface area contributed by atoms with E-state index in [2.05, 4.69) is 10.3 Å². The van der Waals surface area contributed by atoms with Crippen molar-refractivity contribution < 1.29 is 13.2 Å². The topological polar surface area (TPSA) is 125 Å². The average molecular weight is 474 g/mol. The van der Waals surface area contributed by atoms with Crippen LogP contribution in [0.5, 0.6) is 0 Å². The molecule has 1 atom stereocenters. The molecule has 1 aliphatic rings. The number of hydrogen-bond acceptors (Lipinski definition) is 6. The van der Waals surface area contributed by atoms with Gasteiger partial charge in [0.05, 0.1) is 24.4 Å². The van der Waals surface area contributed by atoms with Gasteiger partial charge in [0.2, 0.25) is 5.91 Å². The maximum absolute atomic E-state index is 13.3. The lowest BCUT2D eigenvalue weighted by atomic mass is 10.2. The third-order valence-corrected chi connectivity index (χ3v) is 7.40. The molecule has 0 spiro atoms. The number of imidazole rings is 1. The zero-order valence-electron chi connectivity index (χ0n) is 18.6. The van der Waals surface area contributed by atoms with E-state index in [0.29, 0.717) is 13.0 Å². The van der Waals surface area contributed by atoms with E-state index in [9.17, 15) is 22.8 Å². The first kappa shape index (κ1) is 23.0. The number of hydrogen-bond donors (Lipinski definition) is 1. The molecule has 2 aromatic heterocycles. The molecular weight excluding hydrogens is 446 g/mol. The highest BCUT2D eigenvalue weighted by atomic mass is 32.2. The molecule has 176 valence electrons. The van der Waals surface area contributed by atoms with Crippen LogP contribution < -0.4 is 16.6 Å². The van der Waals surface area contributed by atoms with Crippen molar-refractivity contribution in [2.45, 2.75) is 45.9 Å². The number of carbonyl (C=O) groups is 1. The Morgan fingerprint density at radius 2 is 1.91 bits per heavy atom. The fraction of sp³-hybridized carbons (Fsp3) is 0.455. The molecule has 1 saturated heterocycles. The molecule has 0 aliphatic carbocycles. The molecule has 1 amide bonds. The first-order valence-corrected chi connectivity index (χ1v) is 12.7. The highest BCUT2D eigenvalue weighted by Gasteiger charge is 2.29. The summed E-state index contributed by atoms with van der Waals surface area (Å²) in [5, 5.41) is 2.65. The molecule has 0 bridgehead atoms. The summed E-state index contributed by atoms with van der Waals surface area (Å²) in [4.78, 5) is 43.6. The number of rotatable bonds is 7. The number of fused-ring (bicyclic) bond motifs is 1. The summed E-state index contributed by atoms with van der Waals surface area (Å²) in [5.74, 6) is -0.456. The number of aromatic nitrogens is 4. The fourth-order valence-electron chi connectivity index (χ4n) is 4.14. The standard InChI is InChI=1S/C22H27N5O5S/c1-15(2)10-25-14-23-20-19(25)21(29)27(12-18(28)24-17-8-9-33(31,32)13-17)22(30)26(20)11-16-6-4-3-5-7-16/h3-7,14-15,17H,8-13H2,1-2H3,(H,24,28). The van der Waals surface area contributed by atoms with Crippen LogP contribution in [0.25, 0.3) is 11.2 Å². The molecule has 1 aliphatic heterocycles. The van der Waals surface area contributed by atoms with Crippen molar-refractivity contribution in [2.75, 3.05) is 11.5 Å². The lowest BCUT2D eigenvalue weighted by Crippen LogP contribution is -2.46. The van der Waals surface area contributed by atoms with E-state index in [1.807, 2.05) is 44.2 Å². The Morgan fingerprint density at radius 3 is 2.55 bits per heavy atom. The van der Waals surface area contributed by atoms with E-state index in [-0.39, 0.29) is 35.1 Å². The van der Waals surface area contributed by atoms with Crippen molar-refractivity contribution in [3.63, 3.8) is 0 Å². The summed E-state index contributed by atoms with van der Waals surface area (Å²) in [6.45, 7) is 4.24. The van der Waals surface area contributed by atoms with Gasteiger partial charge in [-0.2, -0.15) is 0 Å². The van der Waals surface area contributed by atoms with Crippen LogP contribution >= 0.6 is 0 Å². The van der Waals surface area contributed by atoms with Crippen LogP contribution in [0.4, 0.5) is 0 Å². The van der Waals surface area contributed by atoms with Gasteiger partial charge in [0.1, 0.15) is 6.54 Å². The lowest BCUT2D eigenvalue weighted by Gasteiger charge is -2.15. The molecule has 0 saturated carbocycles. The Balaban J connectivity index is 1.75. The zero-order chi connectivity index (χ0) is 23.8. The van der Waals surface area contributed by atoms with Crippen molar-refractivity contribution in [1.82, 2.24) is 24.0 Å². The van der Waals surface area contributed by atoms with E-state index in [1.165, 1.54) is 4.57 Å². The van der Waals surface area contributed by atoms with Gasteiger partial charge in [-0.3, -0.25) is 14.2 Å². The van der Waals surface area contributed by atoms with E-state index in [4.69, 9.17) is 0 Å². The van der Waals surface area contributed by atoms with Crippen LogP contribution in [0.15, 0.2) is 46.2 Å². The van der Waals surface area contributed by atoms with Gasteiger partial charge in [-0.05, 0) is 17.9 Å². The van der Waals surface area contributed by atoms with Crippen molar-refractivity contribution >= 4 is 26.9 Å². The van der Waals surface area contributed by atoms with Crippen molar-refractivity contribution in [3.8, 4) is 0 Å². The smallest absolute Gasteiger partial charge is 0.333 e. The normalized spacial score (nSPS) is 17.6. The minimum absolute atomic E-state index is 0.0160. The SMILES string of the molecule is CC(C)Cn1cnc2c1c(=O)n(CC(=O)NC1CCS(=O)(=O)C1)c(=O)n2Cc1ccccc1. The molecule has 1 N–H and O–H groups in total. The third-order valence-electron chi connectivity index (χ3n) is 5.63. The van der Waals surface area contributed by atoms with Gasteiger partial charge < -0.3 is 9.88 Å². The van der Waals surface area contributed by atoms with Crippen LogP contribution in [0.3, 0.4) is 0 Å². The lowest BCUT2D eigenvalue weighted by molar-refractivity contribution is -0.122. The van der Waals surface area contributed by atoms with Crippen molar-refractivity contribution in [1.29, 1.82) is 0 Å². The molecule has 10 nitrogen and oxygen atoms in total. The van der Waals surface area contributed by atoms with Crippen LogP contribution in [0.1, 0.15) is 25.8 Å². The number of nitrogens with zero attached hydrogens (tertiary/aromatic N) is 4. The van der Waals surface area contributed by atoms with E-state index >= 15 is 0 Å². The predicted molar refractivity (Wildman–Crippen MR) is 124 cm³/mol.